The molecular weight excluding hydrogens is 474 g/mol. The van der Waals surface area contributed by atoms with Gasteiger partial charge in [0.1, 0.15) is 5.82 Å². The van der Waals surface area contributed by atoms with E-state index in [2.05, 4.69) is 5.32 Å². The zero-order valence-corrected chi connectivity index (χ0v) is 19.5. The first kappa shape index (κ1) is 24.2. The highest BCUT2D eigenvalue weighted by Crippen LogP contribution is 2.23. The van der Waals surface area contributed by atoms with E-state index in [-0.39, 0.29) is 17.3 Å². The first-order valence-electron chi connectivity index (χ1n) is 9.71. The summed E-state index contributed by atoms with van der Waals surface area (Å²) in [5, 5.41) is 3.55. The Morgan fingerprint density at radius 2 is 1.62 bits per heavy atom. The van der Waals surface area contributed by atoms with Crippen molar-refractivity contribution in [1.29, 1.82) is 0 Å². The van der Waals surface area contributed by atoms with Gasteiger partial charge < -0.3 is 5.32 Å². The maximum absolute atomic E-state index is 13.3. The highest BCUT2D eigenvalue weighted by Gasteiger charge is 2.28. The van der Waals surface area contributed by atoms with E-state index < -0.39 is 28.5 Å². The predicted octanol–water partition coefficient (Wildman–Crippen LogP) is 5.20. The third-order valence-corrected chi connectivity index (χ3v) is 7.25. The minimum atomic E-state index is -4.03. The number of halogens is 3. The molecule has 1 atom stereocenters. The molecule has 9 heteroatoms. The van der Waals surface area contributed by atoms with Crippen LogP contribution in [0.4, 0.5) is 4.39 Å². The van der Waals surface area contributed by atoms with Crippen molar-refractivity contribution in [2.24, 2.45) is 0 Å². The van der Waals surface area contributed by atoms with E-state index in [1.165, 1.54) is 36.4 Å². The van der Waals surface area contributed by atoms with Gasteiger partial charge in [0.25, 0.3) is 0 Å². The van der Waals surface area contributed by atoms with Crippen LogP contribution in [0.5, 0.6) is 0 Å². The summed E-state index contributed by atoms with van der Waals surface area (Å²) in [6.07, 6.45) is 0. The molecule has 0 aliphatic carbocycles. The number of benzene rings is 3. The lowest BCUT2D eigenvalue weighted by Crippen LogP contribution is -2.41. The zero-order valence-electron chi connectivity index (χ0n) is 17.1. The second kappa shape index (κ2) is 10.4. The molecule has 0 radical (unpaired) electrons. The van der Waals surface area contributed by atoms with Crippen molar-refractivity contribution >= 4 is 39.1 Å². The standard InChI is InChI=1S/C23H21Cl2FN2O3S/c1-16(17-6-10-20(26)11-7-17)27-23(29)15-28(14-18-4-2-3-5-22(18)25)32(30,31)21-12-8-19(24)9-13-21/h2-13,16H,14-15H2,1H3,(H,27,29). The summed E-state index contributed by atoms with van der Waals surface area (Å²) in [5.41, 5.74) is 1.25. The van der Waals surface area contributed by atoms with E-state index in [0.717, 1.165) is 4.31 Å². The van der Waals surface area contributed by atoms with Gasteiger partial charge in [0.05, 0.1) is 17.5 Å². The van der Waals surface area contributed by atoms with E-state index in [4.69, 9.17) is 23.2 Å². The minimum absolute atomic E-state index is 0.00772. The summed E-state index contributed by atoms with van der Waals surface area (Å²) in [7, 11) is -4.03. The molecule has 0 aliphatic rings. The van der Waals surface area contributed by atoms with E-state index >= 15 is 0 Å². The van der Waals surface area contributed by atoms with Crippen molar-refractivity contribution in [3.05, 3.63) is 99.8 Å². The Balaban J connectivity index is 1.84. The second-order valence-corrected chi connectivity index (χ2v) is 9.94. The Labute approximate surface area is 196 Å². The average Bonchev–Trinajstić information content (AvgIpc) is 2.75. The molecule has 0 aromatic heterocycles. The smallest absolute Gasteiger partial charge is 0.243 e. The molecule has 32 heavy (non-hydrogen) atoms. The fourth-order valence-corrected chi connectivity index (χ4v) is 4.78. The maximum atomic E-state index is 13.3. The van der Waals surface area contributed by atoms with Gasteiger partial charge in [-0.3, -0.25) is 4.79 Å². The van der Waals surface area contributed by atoms with Gasteiger partial charge in [0.2, 0.25) is 15.9 Å². The van der Waals surface area contributed by atoms with Gasteiger partial charge in [-0.1, -0.05) is 53.5 Å². The number of carbonyl (C=O) groups excluding carboxylic acids is 1. The number of rotatable bonds is 8. The number of hydrogen-bond acceptors (Lipinski definition) is 3. The highest BCUT2D eigenvalue weighted by molar-refractivity contribution is 7.89. The molecular formula is C23H21Cl2FN2O3S. The van der Waals surface area contributed by atoms with Crippen molar-refractivity contribution in [1.82, 2.24) is 9.62 Å². The summed E-state index contributed by atoms with van der Waals surface area (Å²) in [4.78, 5) is 12.8. The molecule has 0 saturated heterocycles. The van der Waals surface area contributed by atoms with Gasteiger partial charge in [-0.2, -0.15) is 4.31 Å². The molecule has 1 unspecified atom stereocenters. The van der Waals surface area contributed by atoms with Crippen LogP contribution in [0.2, 0.25) is 10.0 Å². The number of nitrogens with one attached hydrogen (secondary N) is 1. The lowest BCUT2D eigenvalue weighted by Gasteiger charge is -2.24. The first-order valence-corrected chi connectivity index (χ1v) is 11.9. The zero-order chi connectivity index (χ0) is 23.3. The fourth-order valence-electron chi connectivity index (χ4n) is 3.08. The molecule has 0 fully saturated rings. The molecule has 1 amide bonds. The molecule has 1 N–H and O–H groups in total. The lowest BCUT2D eigenvalue weighted by molar-refractivity contribution is -0.122. The predicted molar refractivity (Wildman–Crippen MR) is 123 cm³/mol. The quantitative estimate of drug-likeness (QED) is 0.467. The number of hydrogen-bond donors (Lipinski definition) is 1. The van der Waals surface area contributed by atoms with Gasteiger partial charge >= 0.3 is 0 Å². The van der Waals surface area contributed by atoms with Crippen LogP contribution in [0.15, 0.2) is 77.7 Å². The second-order valence-electron chi connectivity index (χ2n) is 7.16. The summed E-state index contributed by atoms with van der Waals surface area (Å²) < 4.78 is 40.8. The fraction of sp³-hybridized carbons (Fsp3) is 0.174. The summed E-state index contributed by atoms with van der Waals surface area (Å²) >= 11 is 12.1. The van der Waals surface area contributed by atoms with E-state index in [1.807, 2.05) is 0 Å². The van der Waals surface area contributed by atoms with Gasteiger partial charge in [0.15, 0.2) is 0 Å². The van der Waals surface area contributed by atoms with Gasteiger partial charge in [-0.25, -0.2) is 12.8 Å². The number of sulfonamides is 1. The van der Waals surface area contributed by atoms with Crippen LogP contribution >= 0.6 is 23.2 Å². The Morgan fingerprint density at radius 3 is 2.25 bits per heavy atom. The summed E-state index contributed by atoms with van der Waals surface area (Å²) in [6.45, 7) is 1.21. The van der Waals surface area contributed by atoms with Gasteiger partial charge in [-0.05, 0) is 60.5 Å². The van der Waals surface area contributed by atoms with Crippen LogP contribution in [0, 0.1) is 5.82 Å². The Kier molecular flexibility index (Phi) is 7.90. The lowest BCUT2D eigenvalue weighted by atomic mass is 10.1. The van der Waals surface area contributed by atoms with E-state index in [1.54, 1.807) is 43.3 Å². The third kappa shape index (κ3) is 6.07. The van der Waals surface area contributed by atoms with Crippen molar-refractivity contribution in [3.8, 4) is 0 Å². The normalized spacial score (nSPS) is 12.5. The average molecular weight is 495 g/mol. The van der Waals surface area contributed by atoms with Crippen LogP contribution in [-0.4, -0.2) is 25.2 Å². The van der Waals surface area contributed by atoms with Crippen LogP contribution in [0.3, 0.4) is 0 Å². The van der Waals surface area contributed by atoms with Gasteiger partial charge in [-0.15, -0.1) is 0 Å². The maximum Gasteiger partial charge on any atom is 0.243 e. The van der Waals surface area contributed by atoms with Crippen LogP contribution in [-0.2, 0) is 21.4 Å². The molecule has 0 heterocycles. The van der Waals surface area contributed by atoms with Crippen molar-refractivity contribution in [2.75, 3.05) is 6.54 Å². The molecule has 3 aromatic carbocycles. The Bertz CT molecular complexity index is 1190. The molecule has 0 bridgehead atoms. The molecule has 3 rings (SSSR count). The van der Waals surface area contributed by atoms with Crippen LogP contribution in [0.1, 0.15) is 24.1 Å². The Morgan fingerprint density at radius 1 is 1.00 bits per heavy atom. The molecule has 0 saturated carbocycles. The molecule has 0 aliphatic heterocycles. The topological polar surface area (TPSA) is 66.5 Å². The van der Waals surface area contributed by atoms with Crippen molar-refractivity contribution < 1.29 is 17.6 Å². The van der Waals surface area contributed by atoms with Crippen LogP contribution in [0.25, 0.3) is 0 Å². The largest absolute Gasteiger partial charge is 0.348 e. The van der Waals surface area contributed by atoms with E-state index in [9.17, 15) is 17.6 Å². The van der Waals surface area contributed by atoms with Crippen molar-refractivity contribution in [2.45, 2.75) is 24.4 Å². The molecule has 0 spiro atoms. The highest BCUT2D eigenvalue weighted by atomic mass is 35.5. The van der Waals surface area contributed by atoms with Gasteiger partial charge in [0, 0.05) is 16.6 Å². The SMILES string of the molecule is CC(NC(=O)CN(Cc1ccccc1Cl)S(=O)(=O)c1ccc(Cl)cc1)c1ccc(F)cc1. The monoisotopic (exact) mass is 494 g/mol. The molecule has 3 aromatic rings. The number of nitrogens with zero attached hydrogens (tertiary/aromatic N) is 1. The van der Waals surface area contributed by atoms with E-state index in [0.29, 0.717) is 21.2 Å². The first-order chi connectivity index (χ1) is 15.2. The summed E-state index contributed by atoms with van der Waals surface area (Å²) in [5.74, 6) is -0.890. The number of amides is 1. The Hall–Kier alpha value is -2.45. The minimum Gasteiger partial charge on any atom is -0.348 e. The number of carbonyl (C=O) groups is 1. The summed E-state index contributed by atoms with van der Waals surface area (Å²) in [6, 6.07) is 17.8. The van der Waals surface area contributed by atoms with Crippen molar-refractivity contribution in [3.63, 3.8) is 0 Å². The van der Waals surface area contributed by atoms with Crippen LogP contribution < -0.4 is 5.32 Å². The third-order valence-electron chi connectivity index (χ3n) is 4.82. The molecule has 5 nitrogen and oxygen atoms in total. The molecule has 168 valence electrons.